The highest BCUT2D eigenvalue weighted by Crippen LogP contribution is 2.36. The number of aryl methyl sites for hydroxylation is 1. The minimum atomic E-state index is -4.40. The van der Waals surface area contributed by atoms with Crippen LogP contribution in [0.3, 0.4) is 0 Å². The van der Waals surface area contributed by atoms with Gasteiger partial charge in [-0.3, -0.25) is 0 Å². The van der Waals surface area contributed by atoms with Crippen molar-refractivity contribution in [1.82, 2.24) is 9.55 Å². The Labute approximate surface area is 82.1 Å². The topological polar surface area (TPSA) is 17.8 Å². The fraction of sp³-hybridized carbons (Fsp3) is 0.500. The van der Waals surface area contributed by atoms with Crippen LogP contribution in [-0.2, 0) is 7.05 Å². The van der Waals surface area contributed by atoms with Crippen LogP contribution in [0.4, 0.5) is 13.2 Å². The quantitative estimate of drug-likeness (QED) is 0.574. The molecule has 0 amide bonds. The predicted octanol–water partition coefficient (Wildman–Crippen LogP) is 2.64. The van der Waals surface area contributed by atoms with Crippen molar-refractivity contribution in [2.45, 2.75) is 16.0 Å². The molecule has 0 fully saturated rings. The van der Waals surface area contributed by atoms with Gasteiger partial charge in [0.05, 0.1) is 0 Å². The Hall–Kier alpha value is -0.360. The maximum Gasteiger partial charge on any atom is 0.414 e. The Kier molecular flexibility index (Phi) is 3.13. The summed E-state index contributed by atoms with van der Waals surface area (Å²) >= 11 is 5.58. The Morgan fingerprint density at radius 1 is 1.62 bits per heavy atom. The number of hydrogen-bond donors (Lipinski definition) is 0. The lowest BCUT2D eigenvalue weighted by atomic mass is 10.8. The largest absolute Gasteiger partial charge is 0.414 e. The third-order valence-electron chi connectivity index (χ3n) is 1.24. The molecule has 74 valence electrons. The maximum absolute atomic E-state index is 12.0. The summed E-state index contributed by atoms with van der Waals surface area (Å²) in [5.74, 6) is 0. The van der Waals surface area contributed by atoms with E-state index in [1.807, 2.05) is 0 Å². The molecule has 1 atom stereocenters. The lowest BCUT2D eigenvalue weighted by molar-refractivity contribution is -0.113. The van der Waals surface area contributed by atoms with Crippen molar-refractivity contribution in [3.8, 4) is 0 Å². The number of aromatic nitrogens is 2. The summed E-state index contributed by atoms with van der Waals surface area (Å²) in [5.41, 5.74) is 0. The molecule has 0 N–H and O–H groups in total. The van der Waals surface area contributed by atoms with E-state index >= 15 is 0 Å². The number of alkyl halides is 4. The van der Waals surface area contributed by atoms with E-state index in [0.717, 1.165) is 0 Å². The molecular formula is C6H6ClF3N2S. The summed E-state index contributed by atoms with van der Waals surface area (Å²) in [4.78, 5) is 3.71. The van der Waals surface area contributed by atoms with Gasteiger partial charge in [0, 0.05) is 19.4 Å². The predicted molar refractivity (Wildman–Crippen MR) is 44.8 cm³/mol. The minimum absolute atomic E-state index is 0.248. The Balaban J connectivity index is 2.65. The van der Waals surface area contributed by atoms with Crippen LogP contribution in [0.5, 0.6) is 0 Å². The molecule has 1 aromatic rings. The minimum Gasteiger partial charge on any atom is -0.329 e. The van der Waals surface area contributed by atoms with Crippen LogP contribution < -0.4 is 0 Å². The molecule has 0 saturated heterocycles. The van der Waals surface area contributed by atoms with Gasteiger partial charge in [-0.05, 0) is 0 Å². The number of imidazole rings is 1. The smallest absolute Gasteiger partial charge is 0.329 e. The van der Waals surface area contributed by atoms with Crippen molar-refractivity contribution >= 4 is 23.4 Å². The molecule has 0 bridgehead atoms. The number of halogens is 4. The molecule has 0 aliphatic rings. The molecule has 1 unspecified atom stereocenters. The lowest BCUT2D eigenvalue weighted by Gasteiger charge is -2.11. The second-order valence-corrected chi connectivity index (χ2v) is 4.06. The fourth-order valence-electron chi connectivity index (χ4n) is 0.625. The first-order chi connectivity index (χ1) is 5.91. The van der Waals surface area contributed by atoms with Crippen molar-refractivity contribution in [1.29, 1.82) is 0 Å². The van der Waals surface area contributed by atoms with Crippen LogP contribution in [0.15, 0.2) is 17.6 Å². The average Bonchev–Trinajstić information content (AvgIpc) is 2.34. The molecule has 7 heteroatoms. The van der Waals surface area contributed by atoms with Gasteiger partial charge in [-0.25, -0.2) is 4.98 Å². The van der Waals surface area contributed by atoms with E-state index < -0.39 is 10.9 Å². The van der Waals surface area contributed by atoms with Gasteiger partial charge in [0.25, 0.3) is 0 Å². The van der Waals surface area contributed by atoms with E-state index in [1.54, 1.807) is 13.2 Å². The Bertz CT molecular complexity index is 286. The van der Waals surface area contributed by atoms with Gasteiger partial charge in [-0.1, -0.05) is 11.8 Å². The van der Waals surface area contributed by atoms with Gasteiger partial charge in [0.15, 0.2) is 9.87 Å². The maximum atomic E-state index is 12.0. The van der Waals surface area contributed by atoms with Gasteiger partial charge < -0.3 is 4.57 Å². The third-order valence-corrected chi connectivity index (χ3v) is 2.84. The summed E-state index contributed by atoms with van der Waals surface area (Å²) in [5, 5.41) is 0.248. The molecule has 1 aromatic heterocycles. The third kappa shape index (κ3) is 2.80. The summed E-state index contributed by atoms with van der Waals surface area (Å²) in [6.07, 6.45) is -1.43. The second kappa shape index (κ2) is 3.79. The first kappa shape index (κ1) is 10.7. The van der Waals surface area contributed by atoms with E-state index in [-0.39, 0.29) is 5.16 Å². The standard InChI is InChI=1S/C6H6ClF3N2S/c1-12-3-2-11-5(12)13-4(7)6(8,9)10/h2-4H,1H3. The molecule has 1 rings (SSSR count). The Morgan fingerprint density at radius 3 is 2.62 bits per heavy atom. The molecule has 0 saturated carbocycles. The van der Waals surface area contributed by atoms with Crippen molar-refractivity contribution in [3.05, 3.63) is 12.4 Å². The van der Waals surface area contributed by atoms with Crippen molar-refractivity contribution in [3.63, 3.8) is 0 Å². The fourth-order valence-corrected chi connectivity index (χ4v) is 1.53. The normalized spacial score (nSPS) is 14.5. The van der Waals surface area contributed by atoms with Crippen LogP contribution in [0.25, 0.3) is 0 Å². The van der Waals surface area contributed by atoms with Gasteiger partial charge in [0.1, 0.15) is 0 Å². The second-order valence-electron chi connectivity index (χ2n) is 2.30. The van der Waals surface area contributed by atoms with Crippen LogP contribution in [-0.4, -0.2) is 20.4 Å². The highest BCUT2D eigenvalue weighted by Gasteiger charge is 2.39. The molecular weight excluding hydrogens is 225 g/mol. The average molecular weight is 231 g/mol. The SMILES string of the molecule is Cn1ccnc1SC(Cl)C(F)(F)F. The van der Waals surface area contributed by atoms with E-state index in [9.17, 15) is 13.2 Å². The Morgan fingerprint density at radius 2 is 2.23 bits per heavy atom. The van der Waals surface area contributed by atoms with Gasteiger partial charge >= 0.3 is 6.18 Å². The molecule has 1 heterocycles. The molecule has 0 aliphatic heterocycles. The summed E-state index contributed by atoms with van der Waals surface area (Å²) in [6.45, 7) is 0. The molecule has 2 nitrogen and oxygen atoms in total. The van der Waals surface area contributed by atoms with E-state index in [2.05, 4.69) is 4.98 Å². The summed E-state index contributed by atoms with van der Waals surface area (Å²) < 4.78 is 35.5. The van der Waals surface area contributed by atoms with Crippen LogP contribution in [0.1, 0.15) is 0 Å². The first-order valence-electron chi connectivity index (χ1n) is 3.26. The monoisotopic (exact) mass is 230 g/mol. The summed E-state index contributed by atoms with van der Waals surface area (Å²) in [7, 11) is 1.61. The van der Waals surface area contributed by atoms with Gasteiger partial charge in [-0.2, -0.15) is 13.2 Å². The van der Waals surface area contributed by atoms with Crippen molar-refractivity contribution < 1.29 is 13.2 Å². The lowest BCUT2D eigenvalue weighted by Crippen LogP contribution is -2.20. The first-order valence-corrected chi connectivity index (χ1v) is 4.57. The van der Waals surface area contributed by atoms with E-state index in [4.69, 9.17) is 11.6 Å². The molecule has 0 spiro atoms. The number of thioether (sulfide) groups is 1. The molecule has 0 aromatic carbocycles. The summed E-state index contributed by atoms with van der Waals surface area (Å²) in [6, 6.07) is 0. The zero-order valence-corrected chi connectivity index (χ0v) is 8.12. The van der Waals surface area contributed by atoms with Crippen LogP contribution >= 0.6 is 23.4 Å². The van der Waals surface area contributed by atoms with Gasteiger partial charge in [-0.15, -0.1) is 11.6 Å². The highest BCUT2D eigenvalue weighted by atomic mass is 35.5. The zero-order valence-electron chi connectivity index (χ0n) is 6.55. The number of nitrogens with zero attached hydrogens (tertiary/aromatic N) is 2. The zero-order chi connectivity index (χ0) is 10.1. The van der Waals surface area contributed by atoms with Crippen LogP contribution in [0, 0.1) is 0 Å². The molecule has 0 radical (unpaired) electrons. The number of hydrogen-bond acceptors (Lipinski definition) is 2. The molecule has 0 aliphatic carbocycles. The van der Waals surface area contributed by atoms with E-state index in [0.29, 0.717) is 11.8 Å². The van der Waals surface area contributed by atoms with Gasteiger partial charge in [0.2, 0.25) is 0 Å². The molecule has 13 heavy (non-hydrogen) atoms. The van der Waals surface area contributed by atoms with E-state index in [1.165, 1.54) is 10.8 Å². The number of rotatable bonds is 2. The van der Waals surface area contributed by atoms with Crippen LogP contribution in [0.2, 0.25) is 0 Å². The van der Waals surface area contributed by atoms with Crippen molar-refractivity contribution in [2.24, 2.45) is 7.05 Å². The van der Waals surface area contributed by atoms with Crippen molar-refractivity contribution in [2.75, 3.05) is 0 Å². The highest BCUT2D eigenvalue weighted by molar-refractivity contribution is 8.01.